The van der Waals surface area contributed by atoms with Crippen molar-refractivity contribution in [3.8, 4) is 0 Å². The molecule has 0 fully saturated rings. The van der Waals surface area contributed by atoms with Gasteiger partial charge >= 0.3 is 0 Å². The number of aryl methyl sites for hydroxylation is 1. The van der Waals surface area contributed by atoms with Gasteiger partial charge in [-0.2, -0.15) is 0 Å². The highest BCUT2D eigenvalue weighted by Crippen LogP contribution is 2.41. The number of aromatic nitrogens is 1. The molecule has 0 saturated heterocycles. The summed E-state index contributed by atoms with van der Waals surface area (Å²) in [6.07, 6.45) is 5.57. The van der Waals surface area contributed by atoms with Crippen LogP contribution in [0, 0.1) is 0 Å². The summed E-state index contributed by atoms with van der Waals surface area (Å²) in [5.74, 6) is 0.487. The van der Waals surface area contributed by atoms with E-state index in [-0.39, 0.29) is 0 Å². The van der Waals surface area contributed by atoms with Gasteiger partial charge in [0.2, 0.25) is 0 Å². The predicted octanol–water partition coefficient (Wildman–Crippen LogP) is 4.29. The fourth-order valence-corrected chi connectivity index (χ4v) is 4.61. The topological polar surface area (TPSA) is 24.9 Å². The molecule has 2 aromatic heterocycles. The Labute approximate surface area is 126 Å². The van der Waals surface area contributed by atoms with Crippen LogP contribution in [-0.4, -0.2) is 12.0 Å². The summed E-state index contributed by atoms with van der Waals surface area (Å²) < 4.78 is 1.19. The maximum atomic E-state index is 4.65. The molecular formula is C15H17BrN2S. The second-order valence-electron chi connectivity index (χ2n) is 4.95. The number of pyridine rings is 1. The average molecular weight is 337 g/mol. The number of thiophene rings is 1. The number of rotatable bonds is 3. The van der Waals surface area contributed by atoms with Gasteiger partial charge in [-0.3, -0.25) is 4.98 Å². The quantitative estimate of drug-likeness (QED) is 0.904. The maximum absolute atomic E-state index is 4.65. The Balaban J connectivity index is 1.97. The molecule has 1 aliphatic rings. The Morgan fingerprint density at radius 1 is 1.42 bits per heavy atom. The summed E-state index contributed by atoms with van der Waals surface area (Å²) in [7, 11) is 2.05. The van der Waals surface area contributed by atoms with Crippen LogP contribution in [0.3, 0.4) is 0 Å². The van der Waals surface area contributed by atoms with Gasteiger partial charge in [-0.15, -0.1) is 11.3 Å². The van der Waals surface area contributed by atoms with Gasteiger partial charge in [-0.25, -0.2) is 0 Å². The average Bonchev–Trinajstić information content (AvgIpc) is 2.86. The van der Waals surface area contributed by atoms with Crippen LogP contribution in [0.15, 0.2) is 34.2 Å². The number of nitrogens with one attached hydrogen (secondary N) is 1. The molecule has 0 aromatic carbocycles. The normalized spacial score (nSPS) is 20.0. The molecule has 2 aromatic rings. The smallest absolute Gasteiger partial charge is 0.0701 e. The SMILES string of the molecule is CNC(c1ccc(Br)s1)C1CCCc2cccnc21. The van der Waals surface area contributed by atoms with Crippen LogP contribution in [0.5, 0.6) is 0 Å². The van der Waals surface area contributed by atoms with E-state index in [1.54, 1.807) is 0 Å². The summed E-state index contributed by atoms with van der Waals surface area (Å²) >= 11 is 5.38. The lowest BCUT2D eigenvalue weighted by atomic mass is 9.81. The van der Waals surface area contributed by atoms with E-state index in [4.69, 9.17) is 0 Å². The maximum Gasteiger partial charge on any atom is 0.0701 e. The number of likely N-dealkylation sites (N-methyl/N-ethyl adjacent to an activating group) is 1. The largest absolute Gasteiger partial charge is 0.312 e. The molecule has 100 valence electrons. The molecule has 0 amide bonds. The Morgan fingerprint density at radius 3 is 3.05 bits per heavy atom. The second-order valence-corrected chi connectivity index (χ2v) is 7.45. The van der Waals surface area contributed by atoms with E-state index in [0.29, 0.717) is 12.0 Å². The van der Waals surface area contributed by atoms with Crippen molar-refractivity contribution in [1.29, 1.82) is 0 Å². The Morgan fingerprint density at radius 2 is 2.32 bits per heavy atom. The summed E-state index contributed by atoms with van der Waals surface area (Å²) in [5.41, 5.74) is 2.72. The van der Waals surface area contributed by atoms with Crippen molar-refractivity contribution >= 4 is 27.3 Å². The van der Waals surface area contributed by atoms with E-state index in [9.17, 15) is 0 Å². The third kappa shape index (κ3) is 2.62. The molecular weight excluding hydrogens is 320 g/mol. The molecule has 0 spiro atoms. The van der Waals surface area contributed by atoms with Crippen molar-refractivity contribution in [1.82, 2.24) is 10.3 Å². The van der Waals surface area contributed by atoms with Crippen LogP contribution < -0.4 is 5.32 Å². The zero-order chi connectivity index (χ0) is 13.2. The number of halogens is 1. The van der Waals surface area contributed by atoms with Crippen LogP contribution in [0.1, 0.15) is 40.9 Å². The van der Waals surface area contributed by atoms with Gasteiger partial charge in [0.25, 0.3) is 0 Å². The highest BCUT2D eigenvalue weighted by Gasteiger charge is 2.29. The minimum atomic E-state index is 0.366. The molecule has 0 aliphatic heterocycles. The first kappa shape index (κ1) is 13.3. The van der Waals surface area contributed by atoms with Gasteiger partial charge in [-0.05, 0) is 66.0 Å². The number of fused-ring (bicyclic) bond motifs is 1. The van der Waals surface area contributed by atoms with Crippen LogP contribution in [-0.2, 0) is 6.42 Å². The molecule has 0 saturated carbocycles. The van der Waals surface area contributed by atoms with E-state index in [2.05, 4.69) is 57.5 Å². The molecule has 4 heteroatoms. The van der Waals surface area contributed by atoms with Crippen LogP contribution >= 0.6 is 27.3 Å². The van der Waals surface area contributed by atoms with Crippen molar-refractivity contribution < 1.29 is 0 Å². The molecule has 2 heterocycles. The molecule has 0 radical (unpaired) electrons. The second kappa shape index (κ2) is 5.73. The van der Waals surface area contributed by atoms with Gasteiger partial charge in [0.1, 0.15) is 0 Å². The van der Waals surface area contributed by atoms with Gasteiger partial charge < -0.3 is 5.32 Å². The van der Waals surface area contributed by atoms with Crippen molar-refractivity contribution in [3.05, 3.63) is 50.4 Å². The summed E-state index contributed by atoms with van der Waals surface area (Å²) in [6.45, 7) is 0. The summed E-state index contributed by atoms with van der Waals surface area (Å²) in [4.78, 5) is 6.04. The first-order chi connectivity index (χ1) is 9.29. The first-order valence-corrected chi connectivity index (χ1v) is 8.27. The monoisotopic (exact) mass is 336 g/mol. The third-order valence-corrected chi connectivity index (χ3v) is 5.56. The lowest BCUT2D eigenvalue weighted by Gasteiger charge is -2.30. The lowest BCUT2D eigenvalue weighted by Crippen LogP contribution is -2.26. The summed E-state index contributed by atoms with van der Waals surface area (Å²) in [5, 5.41) is 3.49. The van der Waals surface area contributed by atoms with Gasteiger partial charge in [0, 0.05) is 28.7 Å². The fraction of sp³-hybridized carbons (Fsp3) is 0.400. The van der Waals surface area contributed by atoms with Crippen molar-refractivity contribution in [2.75, 3.05) is 7.05 Å². The highest BCUT2D eigenvalue weighted by molar-refractivity contribution is 9.11. The Kier molecular flexibility index (Phi) is 4.01. The van der Waals surface area contributed by atoms with Crippen molar-refractivity contribution in [2.45, 2.75) is 31.2 Å². The molecule has 2 unspecified atom stereocenters. The molecule has 19 heavy (non-hydrogen) atoms. The fourth-order valence-electron chi connectivity index (χ4n) is 3.01. The molecule has 3 rings (SSSR count). The van der Waals surface area contributed by atoms with E-state index in [1.807, 2.05) is 17.5 Å². The van der Waals surface area contributed by atoms with Crippen LogP contribution in [0.4, 0.5) is 0 Å². The van der Waals surface area contributed by atoms with Crippen LogP contribution in [0.2, 0.25) is 0 Å². The van der Waals surface area contributed by atoms with E-state index < -0.39 is 0 Å². The minimum Gasteiger partial charge on any atom is -0.312 e. The minimum absolute atomic E-state index is 0.366. The highest BCUT2D eigenvalue weighted by atomic mass is 79.9. The standard InChI is InChI=1S/C15H17BrN2S/c1-17-15(12-7-8-13(16)19-12)11-6-2-4-10-5-3-9-18-14(10)11/h3,5,7-9,11,15,17H,2,4,6H2,1H3. The third-order valence-electron chi connectivity index (χ3n) is 3.85. The Hall–Kier alpha value is -0.710. The lowest BCUT2D eigenvalue weighted by molar-refractivity contribution is 0.420. The first-order valence-electron chi connectivity index (χ1n) is 6.66. The van der Waals surface area contributed by atoms with E-state index in [1.165, 1.54) is 39.2 Å². The van der Waals surface area contributed by atoms with Gasteiger partial charge in [0.15, 0.2) is 0 Å². The van der Waals surface area contributed by atoms with E-state index >= 15 is 0 Å². The number of hydrogen-bond donors (Lipinski definition) is 1. The van der Waals surface area contributed by atoms with Gasteiger partial charge in [-0.1, -0.05) is 6.07 Å². The van der Waals surface area contributed by atoms with Crippen molar-refractivity contribution in [2.24, 2.45) is 0 Å². The molecule has 0 bridgehead atoms. The predicted molar refractivity (Wildman–Crippen MR) is 83.7 cm³/mol. The molecule has 2 nitrogen and oxygen atoms in total. The molecule has 1 aliphatic carbocycles. The van der Waals surface area contributed by atoms with Crippen molar-refractivity contribution in [3.63, 3.8) is 0 Å². The zero-order valence-electron chi connectivity index (χ0n) is 10.9. The van der Waals surface area contributed by atoms with Gasteiger partial charge in [0.05, 0.1) is 3.79 Å². The molecule has 1 N–H and O–H groups in total. The van der Waals surface area contributed by atoms with E-state index in [0.717, 1.165) is 0 Å². The molecule has 2 atom stereocenters. The zero-order valence-corrected chi connectivity index (χ0v) is 13.3. The number of nitrogens with zero attached hydrogens (tertiary/aromatic N) is 1. The summed E-state index contributed by atoms with van der Waals surface area (Å²) in [6, 6.07) is 8.99. The number of hydrogen-bond acceptors (Lipinski definition) is 3. The Bertz CT molecular complexity index is 567. The van der Waals surface area contributed by atoms with Crippen LogP contribution in [0.25, 0.3) is 0 Å².